The van der Waals surface area contributed by atoms with Gasteiger partial charge in [-0.2, -0.15) is 4.31 Å². The molecule has 174 valence electrons. The Balaban J connectivity index is 1.61. The summed E-state index contributed by atoms with van der Waals surface area (Å²) in [7, 11) is -2.00. The summed E-state index contributed by atoms with van der Waals surface area (Å²) in [5.41, 5.74) is 1.62. The van der Waals surface area contributed by atoms with Crippen LogP contribution in [0.4, 0.5) is 5.95 Å². The standard InChI is InChI=1S/C22H32N6O3S/c1-16-6-10-26(11-7-16)21(29)19-17(2)25(4)18(3)20(19)32(30,31)28-14-12-27(13-15-28)22-23-8-5-9-24-22/h5,8-9,16H,6-7,10-15H2,1-4H3. The van der Waals surface area contributed by atoms with Crippen LogP contribution in [0.3, 0.4) is 0 Å². The lowest BCUT2D eigenvalue weighted by Gasteiger charge is -2.34. The third-order valence-electron chi connectivity index (χ3n) is 6.88. The number of aromatic nitrogens is 3. The van der Waals surface area contributed by atoms with E-state index in [1.54, 1.807) is 25.4 Å². The number of piperazine rings is 1. The van der Waals surface area contributed by atoms with Crippen LogP contribution in [0.2, 0.25) is 0 Å². The van der Waals surface area contributed by atoms with Gasteiger partial charge in [-0.05, 0) is 38.7 Å². The minimum Gasteiger partial charge on any atom is -0.350 e. The number of likely N-dealkylation sites (tertiary alicyclic amines) is 1. The predicted octanol–water partition coefficient (Wildman–Crippen LogP) is 1.81. The maximum atomic E-state index is 13.8. The van der Waals surface area contributed by atoms with Crippen molar-refractivity contribution in [1.82, 2.24) is 23.7 Å². The lowest BCUT2D eigenvalue weighted by atomic mass is 9.98. The summed E-state index contributed by atoms with van der Waals surface area (Å²) in [5.74, 6) is 1.02. The molecule has 2 aromatic rings. The number of anilines is 1. The maximum absolute atomic E-state index is 13.8. The average Bonchev–Trinajstić information content (AvgIpc) is 3.04. The van der Waals surface area contributed by atoms with Crippen molar-refractivity contribution in [2.75, 3.05) is 44.2 Å². The van der Waals surface area contributed by atoms with Crippen LogP contribution in [-0.2, 0) is 17.1 Å². The third-order valence-corrected chi connectivity index (χ3v) is 8.94. The molecule has 2 saturated heterocycles. The molecule has 2 aliphatic heterocycles. The second-order valence-electron chi connectivity index (χ2n) is 8.85. The van der Waals surface area contributed by atoms with Crippen LogP contribution in [0.5, 0.6) is 0 Å². The van der Waals surface area contributed by atoms with Crippen LogP contribution in [0, 0.1) is 19.8 Å². The van der Waals surface area contributed by atoms with Gasteiger partial charge in [0.05, 0.1) is 5.56 Å². The molecule has 0 atom stereocenters. The Morgan fingerprint density at radius 2 is 1.56 bits per heavy atom. The SMILES string of the molecule is Cc1c(C(=O)N2CCC(C)CC2)c(S(=O)(=O)N2CCN(c3ncccn3)CC2)c(C)n1C. The highest BCUT2D eigenvalue weighted by atomic mass is 32.2. The highest BCUT2D eigenvalue weighted by molar-refractivity contribution is 7.89. The molecule has 1 amide bonds. The molecule has 0 bridgehead atoms. The topological polar surface area (TPSA) is 91.6 Å². The number of carbonyl (C=O) groups is 1. The second kappa shape index (κ2) is 8.82. The maximum Gasteiger partial charge on any atom is 0.257 e. The third kappa shape index (κ3) is 4.01. The Hall–Kier alpha value is -2.46. The van der Waals surface area contributed by atoms with Crippen LogP contribution in [-0.4, -0.2) is 77.3 Å². The van der Waals surface area contributed by atoms with Crippen molar-refractivity contribution >= 4 is 21.9 Å². The Bertz CT molecular complexity index is 1080. The van der Waals surface area contributed by atoms with E-state index >= 15 is 0 Å². The van der Waals surface area contributed by atoms with E-state index in [2.05, 4.69) is 16.9 Å². The summed E-state index contributed by atoms with van der Waals surface area (Å²) < 4.78 is 30.8. The highest BCUT2D eigenvalue weighted by Crippen LogP contribution is 2.31. The molecule has 4 rings (SSSR count). The molecule has 0 N–H and O–H groups in total. The van der Waals surface area contributed by atoms with E-state index in [0.717, 1.165) is 12.8 Å². The van der Waals surface area contributed by atoms with Gasteiger partial charge in [0.15, 0.2) is 0 Å². The van der Waals surface area contributed by atoms with E-state index in [4.69, 9.17) is 0 Å². The van der Waals surface area contributed by atoms with E-state index < -0.39 is 10.0 Å². The number of sulfonamides is 1. The van der Waals surface area contributed by atoms with Crippen molar-refractivity contribution in [2.24, 2.45) is 13.0 Å². The van der Waals surface area contributed by atoms with Crippen molar-refractivity contribution in [3.8, 4) is 0 Å². The van der Waals surface area contributed by atoms with E-state index in [0.29, 0.717) is 68.1 Å². The van der Waals surface area contributed by atoms with Crippen LogP contribution >= 0.6 is 0 Å². The summed E-state index contributed by atoms with van der Waals surface area (Å²) >= 11 is 0. The lowest BCUT2D eigenvalue weighted by Crippen LogP contribution is -2.49. The summed E-state index contributed by atoms with van der Waals surface area (Å²) in [6, 6.07) is 1.76. The molecule has 0 saturated carbocycles. The number of amides is 1. The number of piperidine rings is 1. The number of rotatable bonds is 4. The first-order valence-electron chi connectivity index (χ1n) is 11.2. The highest BCUT2D eigenvalue weighted by Gasteiger charge is 2.38. The molecule has 2 fully saturated rings. The molecule has 32 heavy (non-hydrogen) atoms. The normalized spacial score (nSPS) is 18.9. The van der Waals surface area contributed by atoms with Crippen molar-refractivity contribution in [1.29, 1.82) is 0 Å². The number of hydrogen-bond acceptors (Lipinski definition) is 6. The lowest BCUT2D eigenvalue weighted by molar-refractivity contribution is 0.0692. The fourth-order valence-electron chi connectivity index (χ4n) is 4.57. The van der Waals surface area contributed by atoms with Gasteiger partial charge in [0.1, 0.15) is 4.90 Å². The van der Waals surface area contributed by atoms with Crippen LogP contribution in [0.15, 0.2) is 23.4 Å². The molecule has 0 unspecified atom stereocenters. The van der Waals surface area contributed by atoms with Gasteiger partial charge >= 0.3 is 0 Å². The molecule has 2 aliphatic rings. The zero-order chi connectivity index (χ0) is 23.0. The largest absolute Gasteiger partial charge is 0.350 e. The van der Waals surface area contributed by atoms with Crippen LogP contribution < -0.4 is 4.90 Å². The summed E-state index contributed by atoms with van der Waals surface area (Å²) in [6.07, 6.45) is 5.26. The molecule has 0 aromatic carbocycles. The zero-order valence-corrected chi connectivity index (χ0v) is 20.1. The number of carbonyl (C=O) groups excluding carboxylic acids is 1. The van der Waals surface area contributed by atoms with Gasteiger partial charge in [-0.15, -0.1) is 0 Å². The Morgan fingerprint density at radius 1 is 0.969 bits per heavy atom. The molecule has 0 radical (unpaired) electrons. The van der Waals surface area contributed by atoms with Crippen molar-refractivity contribution < 1.29 is 13.2 Å². The van der Waals surface area contributed by atoms with Gasteiger partial charge < -0.3 is 14.4 Å². The molecular weight excluding hydrogens is 428 g/mol. The molecule has 0 aliphatic carbocycles. The first-order valence-corrected chi connectivity index (χ1v) is 12.6. The van der Waals surface area contributed by atoms with E-state index in [1.165, 1.54) is 4.31 Å². The predicted molar refractivity (Wildman–Crippen MR) is 122 cm³/mol. The van der Waals surface area contributed by atoms with Gasteiger partial charge in [0, 0.05) is 70.1 Å². The van der Waals surface area contributed by atoms with Gasteiger partial charge in [0.2, 0.25) is 16.0 Å². The first kappa shape index (κ1) is 22.7. The van der Waals surface area contributed by atoms with Crippen molar-refractivity contribution in [2.45, 2.75) is 38.5 Å². The first-order chi connectivity index (χ1) is 15.2. The van der Waals surface area contributed by atoms with E-state index in [9.17, 15) is 13.2 Å². The minimum absolute atomic E-state index is 0.158. The Morgan fingerprint density at radius 3 is 2.16 bits per heavy atom. The van der Waals surface area contributed by atoms with Gasteiger partial charge in [0.25, 0.3) is 5.91 Å². The summed E-state index contributed by atoms with van der Waals surface area (Å²) in [5, 5.41) is 0. The van der Waals surface area contributed by atoms with Gasteiger partial charge in [-0.1, -0.05) is 6.92 Å². The fourth-order valence-corrected chi connectivity index (χ4v) is 6.47. The quantitative estimate of drug-likeness (QED) is 0.691. The van der Waals surface area contributed by atoms with Crippen LogP contribution in [0.1, 0.15) is 41.5 Å². The van der Waals surface area contributed by atoms with E-state index in [1.807, 2.05) is 28.3 Å². The molecular formula is C22H32N6O3S. The van der Waals surface area contributed by atoms with Gasteiger partial charge in [-0.3, -0.25) is 4.79 Å². The second-order valence-corrected chi connectivity index (χ2v) is 10.7. The molecule has 0 spiro atoms. The molecule has 4 heterocycles. The van der Waals surface area contributed by atoms with Crippen molar-refractivity contribution in [3.05, 3.63) is 35.4 Å². The zero-order valence-electron chi connectivity index (χ0n) is 19.3. The summed E-state index contributed by atoms with van der Waals surface area (Å²) in [4.78, 5) is 26.0. The van der Waals surface area contributed by atoms with Crippen LogP contribution in [0.25, 0.3) is 0 Å². The minimum atomic E-state index is -3.83. The average molecular weight is 461 g/mol. The molecule has 2 aromatic heterocycles. The van der Waals surface area contributed by atoms with Gasteiger partial charge in [-0.25, -0.2) is 18.4 Å². The monoisotopic (exact) mass is 460 g/mol. The summed E-state index contributed by atoms with van der Waals surface area (Å²) in [6.45, 7) is 8.79. The van der Waals surface area contributed by atoms with E-state index in [-0.39, 0.29) is 10.8 Å². The Labute approximate surface area is 190 Å². The fraction of sp³-hybridized carbons (Fsp3) is 0.591. The number of hydrogen-bond donors (Lipinski definition) is 0. The molecule has 9 nitrogen and oxygen atoms in total. The molecule has 10 heteroatoms. The number of nitrogens with zero attached hydrogens (tertiary/aromatic N) is 6. The van der Waals surface area contributed by atoms with Crippen molar-refractivity contribution in [3.63, 3.8) is 0 Å². The Kier molecular flexibility index (Phi) is 6.26. The smallest absolute Gasteiger partial charge is 0.257 e.